The molecule has 1 aromatic heterocycles. The molecule has 3 heteroatoms. The van der Waals surface area contributed by atoms with Crippen LogP contribution in [0.1, 0.15) is 19.4 Å². The van der Waals surface area contributed by atoms with Gasteiger partial charge >= 0.3 is 0 Å². The van der Waals surface area contributed by atoms with Gasteiger partial charge < -0.3 is 4.43 Å². The van der Waals surface area contributed by atoms with Crippen molar-refractivity contribution in [3.8, 4) is 0 Å². The van der Waals surface area contributed by atoms with E-state index in [0.717, 1.165) is 5.56 Å². The Morgan fingerprint density at radius 1 is 1.47 bits per heavy atom. The first-order valence-corrected chi connectivity index (χ1v) is 8.56. The second-order valence-electron chi connectivity index (χ2n) is 4.94. The van der Waals surface area contributed by atoms with Gasteiger partial charge in [-0.2, -0.15) is 0 Å². The molecule has 0 saturated carbocycles. The Kier molecular flexibility index (Phi) is 4.48. The summed E-state index contributed by atoms with van der Waals surface area (Å²) in [6.45, 7) is 9.73. The SMILES string of the molecule is CC(C)C[Si](C)(C)OCc1cc[c]nc1. The minimum Gasteiger partial charge on any atom is -0.413 e. The molecule has 83 valence electrons. The van der Waals surface area contributed by atoms with Crippen molar-refractivity contribution in [3.05, 3.63) is 30.1 Å². The number of aromatic nitrogens is 1. The third kappa shape index (κ3) is 5.09. The van der Waals surface area contributed by atoms with Crippen LogP contribution >= 0.6 is 0 Å². The van der Waals surface area contributed by atoms with Crippen LogP contribution in [-0.4, -0.2) is 13.3 Å². The molecule has 0 aliphatic rings. The lowest BCUT2D eigenvalue weighted by Crippen LogP contribution is -2.31. The lowest BCUT2D eigenvalue weighted by atomic mass is 10.3. The van der Waals surface area contributed by atoms with E-state index in [1.807, 2.05) is 18.3 Å². The fourth-order valence-electron chi connectivity index (χ4n) is 1.76. The van der Waals surface area contributed by atoms with E-state index in [9.17, 15) is 0 Å². The maximum Gasteiger partial charge on any atom is 0.187 e. The molecule has 15 heavy (non-hydrogen) atoms. The van der Waals surface area contributed by atoms with Gasteiger partial charge in [0.2, 0.25) is 0 Å². The lowest BCUT2D eigenvalue weighted by molar-refractivity contribution is 0.290. The fraction of sp³-hybridized carbons (Fsp3) is 0.583. The van der Waals surface area contributed by atoms with Gasteiger partial charge in [-0.15, -0.1) is 0 Å². The number of pyridine rings is 1. The van der Waals surface area contributed by atoms with Crippen molar-refractivity contribution in [1.82, 2.24) is 4.98 Å². The minimum absolute atomic E-state index is 0.688. The van der Waals surface area contributed by atoms with Crippen LogP contribution < -0.4 is 0 Å². The molecule has 1 radical (unpaired) electrons. The van der Waals surface area contributed by atoms with Crippen molar-refractivity contribution in [2.45, 2.75) is 39.6 Å². The van der Waals surface area contributed by atoms with Crippen LogP contribution in [0, 0.1) is 12.1 Å². The van der Waals surface area contributed by atoms with Gasteiger partial charge in [0.05, 0.1) is 12.8 Å². The van der Waals surface area contributed by atoms with E-state index in [-0.39, 0.29) is 0 Å². The minimum atomic E-state index is -1.49. The average Bonchev–Trinajstić information content (AvgIpc) is 2.15. The Balaban J connectivity index is 2.42. The predicted octanol–water partition coefficient (Wildman–Crippen LogP) is 3.26. The zero-order chi connectivity index (χ0) is 11.3. The third-order valence-corrected chi connectivity index (χ3v) is 4.93. The molecule has 1 aromatic rings. The van der Waals surface area contributed by atoms with Crippen molar-refractivity contribution in [2.75, 3.05) is 0 Å². The van der Waals surface area contributed by atoms with Gasteiger partial charge in [-0.05, 0) is 36.7 Å². The molecule has 1 heterocycles. The second-order valence-corrected chi connectivity index (χ2v) is 9.16. The second kappa shape index (κ2) is 5.42. The van der Waals surface area contributed by atoms with Crippen molar-refractivity contribution in [3.63, 3.8) is 0 Å². The molecular weight excluding hydrogens is 202 g/mol. The van der Waals surface area contributed by atoms with Gasteiger partial charge in [0.1, 0.15) is 0 Å². The Hall–Kier alpha value is -0.673. The number of hydrogen-bond donors (Lipinski definition) is 0. The van der Waals surface area contributed by atoms with E-state index in [1.54, 1.807) is 0 Å². The lowest BCUT2D eigenvalue weighted by Gasteiger charge is -2.24. The molecule has 0 N–H and O–H groups in total. The first-order valence-electron chi connectivity index (χ1n) is 5.44. The van der Waals surface area contributed by atoms with Crippen LogP contribution in [0.3, 0.4) is 0 Å². The summed E-state index contributed by atoms with van der Waals surface area (Å²) in [5.41, 5.74) is 1.14. The van der Waals surface area contributed by atoms with E-state index in [4.69, 9.17) is 4.43 Å². The highest BCUT2D eigenvalue weighted by atomic mass is 28.4. The maximum absolute atomic E-state index is 6.01. The van der Waals surface area contributed by atoms with Crippen molar-refractivity contribution >= 4 is 8.32 Å². The summed E-state index contributed by atoms with van der Waals surface area (Å²) in [6, 6.07) is 5.04. The van der Waals surface area contributed by atoms with E-state index in [2.05, 4.69) is 38.1 Å². The first-order chi connectivity index (χ1) is 6.99. The van der Waals surface area contributed by atoms with Gasteiger partial charge in [0, 0.05) is 6.20 Å². The maximum atomic E-state index is 6.01. The molecule has 0 amide bonds. The highest BCUT2D eigenvalue weighted by Crippen LogP contribution is 2.19. The first kappa shape index (κ1) is 12.4. The summed E-state index contributed by atoms with van der Waals surface area (Å²) in [6.07, 6.45) is 4.59. The topological polar surface area (TPSA) is 22.1 Å². The standard InChI is InChI=1S/C12H20NOSi/c1-11(2)10-15(3,4)14-9-12-6-5-7-13-8-12/h5-6,8,11H,9-10H2,1-4H3. The molecule has 0 unspecified atom stereocenters. The molecule has 0 aliphatic carbocycles. The van der Waals surface area contributed by atoms with Gasteiger partial charge in [-0.1, -0.05) is 19.9 Å². The summed E-state index contributed by atoms with van der Waals surface area (Å²) in [5, 5.41) is 0. The van der Waals surface area contributed by atoms with E-state index in [0.29, 0.717) is 12.5 Å². The molecule has 2 nitrogen and oxygen atoms in total. The van der Waals surface area contributed by atoms with Crippen molar-refractivity contribution in [2.24, 2.45) is 5.92 Å². The highest BCUT2D eigenvalue weighted by Gasteiger charge is 2.23. The van der Waals surface area contributed by atoms with Crippen LogP contribution in [0.5, 0.6) is 0 Å². The zero-order valence-electron chi connectivity index (χ0n) is 10.1. The van der Waals surface area contributed by atoms with Gasteiger partial charge in [-0.3, -0.25) is 4.98 Å². The fourth-order valence-corrected chi connectivity index (χ4v) is 4.40. The summed E-state index contributed by atoms with van der Waals surface area (Å²) in [5.74, 6) is 0.717. The number of rotatable bonds is 5. The van der Waals surface area contributed by atoms with Gasteiger partial charge in [0.15, 0.2) is 8.32 Å². The summed E-state index contributed by atoms with van der Waals surface area (Å²) < 4.78 is 6.01. The largest absolute Gasteiger partial charge is 0.413 e. The Morgan fingerprint density at radius 3 is 2.73 bits per heavy atom. The smallest absolute Gasteiger partial charge is 0.187 e. The van der Waals surface area contributed by atoms with Crippen LogP contribution in [0.4, 0.5) is 0 Å². The Labute approximate surface area is 93.8 Å². The Morgan fingerprint density at radius 2 is 2.20 bits per heavy atom. The van der Waals surface area contributed by atoms with Crippen LogP contribution in [0.25, 0.3) is 0 Å². The van der Waals surface area contributed by atoms with Gasteiger partial charge in [0.25, 0.3) is 0 Å². The summed E-state index contributed by atoms with van der Waals surface area (Å²) in [4.78, 5) is 3.96. The summed E-state index contributed by atoms with van der Waals surface area (Å²) >= 11 is 0. The van der Waals surface area contributed by atoms with Crippen molar-refractivity contribution in [1.29, 1.82) is 0 Å². The monoisotopic (exact) mass is 222 g/mol. The normalized spacial score (nSPS) is 12.1. The molecular formula is C12H20NOSi. The molecule has 0 fully saturated rings. The number of nitrogens with zero attached hydrogens (tertiary/aromatic N) is 1. The zero-order valence-corrected chi connectivity index (χ0v) is 11.1. The van der Waals surface area contributed by atoms with E-state index in [1.165, 1.54) is 6.04 Å². The van der Waals surface area contributed by atoms with Crippen LogP contribution in [0.2, 0.25) is 19.1 Å². The van der Waals surface area contributed by atoms with Crippen LogP contribution in [-0.2, 0) is 11.0 Å². The van der Waals surface area contributed by atoms with Crippen molar-refractivity contribution < 1.29 is 4.43 Å². The summed E-state index contributed by atoms with van der Waals surface area (Å²) in [7, 11) is -1.49. The van der Waals surface area contributed by atoms with Gasteiger partial charge in [-0.25, -0.2) is 0 Å². The molecule has 0 spiro atoms. The van der Waals surface area contributed by atoms with E-state index >= 15 is 0 Å². The average molecular weight is 222 g/mol. The van der Waals surface area contributed by atoms with E-state index < -0.39 is 8.32 Å². The number of hydrogen-bond acceptors (Lipinski definition) is 2. The molecule has 0 saturated heterocycles. The molecule has 0 aliphatic heterocycles. The predicted molar refractivity (Wildman–Crippen MR) is 65.0 cm³/mol. The molecule has 0 bridgehead atoms. The third-order valence-electron chi connectivity index (χ3n) is 2.21. The highest BCUT2D eigenvalue weighted by molar-refractivity contribution is 6.71. The molecule has 1 rings (SSSR count). The quantitative estimate of drug-likeness (QED) is 0.713. The van der Waals surface area contributed by atoms with Crippen LogP contribution in [0.15, 0.2) is 18.3 Å². The molecule has 0 atom stereocenters. The Bertz CT molecular complexity index is 285. The molecule has 0 aromatic carbocycles.